The van der Waals surface area contributed by atoms with Gasteiger partial charge in [0.1, 0.15) is 0 Å². The highest BCUT2D eigenvalue weighted by molar-refractivity contribution is 7.87. The third-order valence-electron chi connectivity index (χ3n) is 2.35. The molecule has 0 atom stereocenters. The molecule has 0 unspecified atom stereocenters. The predicted octanol–water partition coefficient (Wildman–Crippen LogP) is 0.416. The van der Waals surface area contributed by atoms with Gasteiger partial charge in [0, 0.05) is 19.6 Å². The predicted molar refractivity (Wildman–Crippen MR) is 61.3 cm³/mol. The van der Waals surface area contributed by atoms with E-state index in [1.54, 1.807) is 0 Å². The Balaban J connectivity index is 4.36. The van der Waals surface area contributed by atoms with Gasteiger partial charge < -0.3 is 5.11 Å². The van der Waals surface area contributed by atoms with Gasteiger partial charge in [-0.25, -0.2) is 0 Å². The molecule has 0 fully saturated rings. The van der Waals surface area contributed by atoms with Crippen molar-refractivity contribution in [3.05, 3.63) is 0 Å². The zero-order chi connectivity index (χ0) is 12.8. The molecule has 0 aliphatic rings. The number of aliphatic carboxylic acids is 1. The molecule has 2 N–H and O–H groups in total. The lowest BCUT2D eigenvalue weighted by molar-refractivity contribution is -0.137. The molecule has 0 radical (unpaired) electrons. The van der Waals surface area contributed by atoms with E-state index in [-0.39, 0.29) is 19.0 Å². The van der Waals surface area contributed by atoms with Crippen LogP contribution in [0.4, 0.5) is 0 Å². The minimum atomic E-state index is -3.56. The average Bonchev–Trinajstić information content (AvgIpc) is 2.22. The second-order valence-corrected chi connectivity index (χ2v) is 5.41. The molecule has 0 aromatic rings. The summed E-state index contributed by atoms with van der Waals surface area (Å²) in [5.74, 6) is -1.01. The van der Waals surface area contributed by atoms with E-state index in [1.807, 2.05) is 13.8 Å². The van der Waals surface area contributed by atoms with E-state index in [0.717, 1.165) is 4.31 Å². The van der Waals surface area contributed by atoms with Gasteiger partial charge in [0.2, 0.25) is 0 Å². The van der Waals surface area contributed by atoms with Crippen molar-refractivity contribution in [2.24, 2.45) is 0 Å². The van der Waals surface area contributed by atoms with Crippen LogP contribution < -0.4 is 4.72 Å². The molecule has 7 heteroatoms. The highest BCUT2D eigenvalue weighted by atomic mass is 32.2. The molecule has 0 saturated carbocycles. The van der Waals surface area contributed by atoms with Crippen LogP contribution in [0.25, 0.3) is 0 Å². The van der Waals surface area contributed by atoms with Crippen LogP contribution in [0, 0.1) is 0 Å². The fraction of sp³-hybridized carbons (Fsp3) is 0.889. The lowest BCUT2D eigenvalue weighted by atomic mass is 10.2. The zero-order valence-corrected chi connectivity index (χ0v) is 10.7. The first-order valence-electron chi connectivity index (χ1n) is 5.28. The summed E-state index contributed by atoms with van der Waals surface area (Å²) >= 11 is 0. The Labute approximate surface area is 96.8 Å². The number of carboxylic acids is 1. The molecule has 96 valence electrons. The molecule has 0 bridgehead atoms. The van der Waals surface area contributed by atoms with Crippen LogP contribution in [0.15, 0.2) is 0 Å². The van der Waals surface area contributed by atoms with E-state index in [9.17, 15) is 13.2 Å². The third kappa shape index (κ3) is 5.43. The minimum absolute atomic E-state index is 0.0230. The van der Waals surface area contributed by atoms with E-state index in [4.69, 9.17) is 5.11 Å². The van der Waals surface area contributed by atoms with Gasteiger partial charge in [0.25, 0.3) is 10.2 Å². The van der Waals surface area contributed by atoms with Crippen molar-refractivity contribution in [3.8, 4) is 0 Å². The molecule has 0 amide bonds. The van der Waals surface area contributed by atoms with Crippen LogP contribution in [0.5, 0.6) is 0 Å². The van der Waals surface area contributed by atoms with Gasteiger partial charge in [-0.3, -0.25) is 4.79 Å². The van der Waals surface area contributed by atoms with Gasteiger partial charge in [-0.2, -0.15) is 17.4 Å². The molecule has 0 rings (SSSR count). The van der Waals surface area contributed by atoms with Gasteiger partial charge >= 0.3 is 5.97 Å². The second-order valence-electron chi connectivity index (χ2n) is 3.60. The Kier molecular flexibility index (Phi) is 6.54. The Morgan fingerprint density at radius 1 is 1.38 bits per heavy atom. The lowest BCUT2D eigenvalue weighted by Crippen LogP contribution is -2.43. The number of nitrogens with zero attached hydrogens (tertiary/aromatic N) is 1. The maximum absolute atomic E-state index is 11.7. The molecule has 0 heterocycles. The van der Waals surface area contributed by atoms with Crippen LogP contribution in [0.2, 0.25) is 0 Å². The summed E-state index contributed by atoms with van der Waals surface area (Å²) in [6, 6.07) is -0.0997. The molecule has 0 aliphatic heterocycles. The molecule has 0 saturated heterocycles. The molecule has 0 aliphatic carbocycles. The van der Waals surface area contributed by atoms with Crippen LogP contribution in [0.1, 0.15) is 33.1 Å². The molecular formula is C9H20N2O4S. The minimum Gasteiger partial charge on any atom is -0.481 e. The van der Waals surface area contributed by atoms with Crippen molar-refractivity contribution < 1.29 is 18.3 Å². The smallest absolute Gasteiger partial charge is 0.304 e. The number of carboxylic acid groups (broad SMARTS) is 1. The first-order valence-corrected chi connectivity index (χ1v) is 6.72. The molecular weight excluding hydrogens is 232 g/mol. The number of nitrogens with one attached hydrogen (secondary N) is 1. The molecule has 0 aromatic carbocycles. The number of hydrogen-bond acceptors (Lipinski definition) is 3. The van der Waals surface area contributed by atoms with Crippen LogP contribution in [-0.4, -0.2) is 43.4 Å². The molecule has 16 heavy (non-hydrogen) atoms. The first kappa shape index (κ1) is 15.3. The Morgan fingerprint density at radius 3 is 2.25 bits per heavy atom. The molecule has 0 spiro atoms. The number of rotatable bonds is 8. The maximum Gasteiger partial charge on any atom is 0.304 e. The lowest BCUT2D eigenvalue weighted by Gasteiger charge is -2.21. The van der Waals surface area contributed by atoms with Crippen molar-refractivity contribution in [3.63, 3.8) is 0 Å². The van der Waals surface area contributed by atoms with Crippen molar-refractivity contribution >= 4 is 16.2 Å². The van der Waals surface area contributed by atoms with Gasteiger partial charge in [-0.1, -0.05) is 13.8 Å². The van der Waals surface area contributed by atoms with E-state index in [1.165, 1.54) is 7.05 Å². The fourth-order valence-electron chi connectivity index (χ4n) is 1.13. The van der Waals surface area contributed by atoms with Crippen LogP contribution in [-0.2, 0) is 15.0 Å². The zero-order valence-electron chi connectivity index (χ0n) is 9.93. The van der Waals surface area contributed by atoms with E-state index in [2.05, 4.69) is 4.72 Å². The second kappa shape index (κ2) is 6.82. The van der Waals surface area contributed by atoms with Gasteiger partial charge in [0.15, 0.2) is 0 Å². The summed E-state index contributed by atoms with van der Waals surface area (Å²) < 4.78 is 26.9. The summed E-state index contributed by atoms with van der Waals surface area (Å²) in [4.78, 5) is 10.3. The highest BCUT2D eigenvalue weighted by Gasteiger charge is 2.20. The third-order valence-corrected chi connectivity index (χ3v) is 3.99. The van der Waals surface area contributed by atoms with Gasteiger partial charge in [-0.05, 0) is 12.8 Å². The van der Waals surface area contributed by atoms with E-state index < -0.39 is 16.2 Å². The number of carbonyl (C=O) groups is 1. The SMILES string of the molecule is CCC(CC)NS(=O)(=O)N(C)CCC(=O)O. The highest BCUT2D eigenvalue weighted by Crippen LogP contribution is 2.02. The topological polar surface area (TPSA) is 86.7 Å². The van der Waals surface area contributed by atoms with Gasteiger partial charge in [-0.15, -0.1) is 0 Å². The molecule has 0 aromatic heterocycles. The van der Waals surface area contributed by atoms with Crippen LogP contribution in [0.3, 0.4) is 0 Å². The number of hydrogen-bond donors (Lipinski definition) is 2. The van der Waals surface area contributed by atoms with Gasteiger partial charge in [0.05, 0.1) is 6.42 Å². The standard InChI is InChI=1S/C9H20N2O4S/c1-4-8(5-2)10-16(14,15)11(3)7-6-9(12)13/h8,10H,4-7H2,1-3H3,(H,12,13). The van der Waals surface area contributed by atoms with E-state index >= 15 is 0 Å². The summed E-state index contributed by atoms with van der Waals surface area (Å²) in [6.07, 6.45) is 1.23. The summed E-state index contributed by atoms with van der Waals surface area (Å²) in [7, 11) is -2.19. The molecule has 6 nitrogen and oxygen atoms in total. The van der Waals surface area contributed by atoms with Crippen molar-refractivity contribution in [2.75, 3.05) is 13.6 Å². The Bertz CT molecular complexity index is 311. The Hall–Kier alpha value is -0.660. The quantitative estimate of drug-likeness (QED) is 0.655. The maximum atomic E-state index is 11.7. The first-order chi connectivity index (χ1) is 7.33. The fourth-order valence-corrected chi connectivity index (χ4v) is 2.40. The van der Waals surface area contributed by atoms with Crippen molar-refractivity contribution in [1.29, 1.82) is 0 Å². The summed E-state index contributed by atoms with van der Waals surface area (Å²) in [6.45, 7) is 3.77. The Morgan fingerprint density at radius 2 is 1.88 bits per heavy atom. The average molecular weight is 252 g/mol. The summed E-state index contributed by atoms with van der Waals surface area (Å²) in [5, 5.41) is 8.46. The largest absolute Gasteiger partial charge is 0.481 e. The van der Waals surface area contributed by atoms with Crippen molar-refractivity contribution in [1.82, 2.24) is 9.03 Å². The van der Waals surface area contributed by atoms with E-state index in [0.29, 0.717) is 12.8 Å². The van der Waals surface area contributed by atoms with Crippen LogP contribution >= 0.6 is 0 Å². The monoisotopic (exact) mass is 252 g/mol. The summed E-state index contributed by atoms with van der Waals surface area (Å²) in [5.41, 5.74) is 0. The normalized spacial score (nSPS) is 12.3. The van der Waals surface area contributed by atoms with Crippen molar-refractivity contribution in [2.45, 2.75) is 39.2 Å².